The Balaban J connectivity index is 2.46. The molecule has 0 amide bonds. The lowest BCUT2D eigenvalue weighted by Gasteiger charge is -2.09. The average molecular weight is 213 g/mol. The van der Waals surface area contributed by atoms with Crippen molar-refractivity contribution in [3.05, 3.63) is 35.4 Å². The summed E-state index contributed by atoms with van der Waals surface area (Å²) in [6.45, 7) is 2.07. The number of hydrogen-bond acceptors (Lipinski definition) is 1. The minimum absolute atomic E-state index is 0.312. The highest BCUT2D eigenvalue weighted by molar-refractivity contribution is 5.18. The minimum atomic E-state index is -0.368. The van der Waals surface area contributed by atoms with Gasteiger partial charge in [0.25, 0.3) is 0 Å². The first-order chi connectivity index (χ1) is 7.13. The van der Waals surface area contributed by atoms with Gasteiger partial charge in [0.1, 0.15) is 11.6 Å². The molecule has 1 rings (SSSR count). The van der Waals surface area contributed by atoms with Crippen LogP contribution in [0.3, 0.4) is 0 Å². The van der Waals surface area contributed by atoms with Crippen molar-refractivity contribution in [2.75, 3.05) is 7.05 Å². The van der Waals surface area contributed by atoms with E-state index in [0.29, 0.717) is 18.0 Å². The Bertz CT molecular complexity index is 312. The van der Waals surface area contributed by atoms with Gasteiger partial charge < -0.3 is 5.32 Å². The van der Waals surface area contributed by atoms with E-state index in [9.17, 15) is 8.78 Å². The molecule has 15 heavy (non-hydrogen) atoms. The highest BCUT2D eigenvalue weighted by Crippen LogP contribution is 2.13. The summed E-state index contributed by atoms with van der Waals surface area (Å²) in [5.74, 6) is -0.679. The number of aryl methyl sites for hydroxylation is 1. The van der Waals surface area contributed by atoms with Crippen LogP contribution >= 0.6 is 0 Å². The summed E-state index contributed by atoms with van der Waals surface area (Å²) in [5.41, 5.74) is 0.471. The second-order valence-corrected chi connectivity index (χ2v) is 3.82. The van der Waals surface area contributed by atoms with Gasteiger partial charge in [0.15, 0.2) is 0 Å². The molecule has 0 radical (unpaired) electrons. The lowest BCUT2D eigenvalue weighted by atomic mass is 10.0. The zero-order valence-corrected chi connectivity index (χ0v) is 9.19. The SMILES string of the molecule is CNC(C)CCCc1cc(F)ccc1F. The van der Waals surface area contributed by atoms with Gasteiger partial charge >= 0.3 is 0 Å². The Morgan fingerprint density at radius 3 is 2.73 bits per heavy atom. The van der Waals surface area contributed by atoms with Crippen LogP contribution in [-0.4, -0.2) is 13.1 Å². The van der Waals surface area contributed by atoms with E-state index in [2.05, 4.69) is 12.2 Å². The number of nitrogens with one attached hydrogen (secondary N) is 1. The predicted molar refractivity (Wildman–Crippen MR) is 57.8 cm³/mol. The number of benzene rings is 1. The molecule has 0 aliphatic heterocycles. The molecule has 1 atom stereocenters. The van der Waals surface area contributed by atoms with Crippen molar-refractivity contribution in [3.63, 3.8) is 0 Å². The first kappa shape index (κ1) is 12.1. The summed E-state index contributed by atoms with van der Waals surface area (Å²) in [6.07, 6.45) is 2.42. The fourth-order valence-corrected chi connectivity index (χ4v) is 1.48. The third-order valence-electron chi connectivity index (χ3n) is 2.58. The van der Waals surface area contributed by atoms with E-state index in [1.165, 1.54) is 12.1 Å². The topological polar surface area (TPSA) is 12.0 Å². The van der Waals surface area contributed by atoms with Gasteiger partial charge in [-0.25, -0.2) is 8.78 Å². The Labute approximate surface area is 89.5 Å². The summed E-state index contributed by atoms with van der Waals surface area (Å²) in [6, 6.07) is 4.03. The molecule has 84 valence electrons. The van der Waals surface area contributed by atoms with E-state index in [-0.39, 0.29) is 11.6 Å². The molecular weight excluding hydrogens is 196 g/mol. The molecule has 0 fully saturated rings. The Hall–Kier alpha value is -0.960. The van der Waals surface area contributed by atoms with Crippen LogP contribution in [0.5, 0.6) is 0 Å². The second kappa shape index (κ2) is 5.81. The molecule has 0 spiro atoms. The van der Waals surface area contributed by atoms with E-state index in [0.717, 1.165) is 18.9 Å². The lowest BCUT2D eigenvalue weighted by molar-refractivity contribution is 0.530. The van der Waals surface area contributed by atoms with E-state index < -0.39 is 0 Å². The first-order valence-corrected chi connectivity index (χ1v) is 5.24. The summed E-state index contributed by atoms with van der Waals surface area (Å²) in [4.78, 5) is 0. The number of rotatable bonds is 5. The molecule has 3 heteroatoms. The average Bonchev–Trinajstić information content (AvgIpc) is 2.23. The van der Waals surface area contributed by atoms with Crippen LogP contribution in [0.2, 0.25) is 0 Å². The molecule has 1 nitrogen and oxygen atoms in total. The Morgan fingerprint density at radius 1 is 1.33 bits per heavy atom. The quantitative estimate of drug-likeness (QED) is 0.793. The minimum Gasteiger partial charge on any atom is -0.317 e. The highest BCUT2D eigenvalue weighted by Gasteiger charge is 2.04. The molecule has 0 aromatic heterocycles. The zero-order chi connectivity index (χ0) is 11.3. The molecule has 0 aliphatic rings. The summed E-state index contributed by atoms with van der Waals surface area (Å²) < 4.78 is 26.0. The molecule has 0 saturated heterocycles. The van der Waals surface area contributed by atoms with E-state index in [1.807, 2.05) is 7.05 Å². The van der Waals surface area contributed by atoms with Crippen LogP contribution in [0.25, 0.3) is 0 Å². The zero-order valence-electron chi connectivity index (χ0n) is 9.19. The summed E-state index contributed by atoms with van der Waals surface area (Å²) >= 11 is 0. The van der Waals surface area contributed by atoms with Gasteiger partial charge in [-0.2, -0.15) is 0 Å². The molecule has 0 bridgehead atoms. The van der Waals surface area contributed by atoms with Crippen LogP contribution in [0, 0.1) is 11.6 Å². The predicted octanol–water partition coefficient (Wildman–Crippen LogP) is 2.90. The van der Waals surface area contributed by atoms with Crippen molar-refractivity contribution in [1.29, 1.82) is 0 Å². The fraction of sp³-hybridized carbons (Fsp3) is 0.500. The smallest absolute Gasteiger partial charge is 0.126 e. The number of hydrogen-bond donors (Lipinski definition) is 1. The van der Waals surface area contributed by atoms with Crippen LogP contribution in [0.1, 0.15) is 25.3 Å². The summed E-state index contributed by atoms with van der Waals surface area (Å²) in [5, 5.41) is 3.11. The van der Waals surface area contributed by atoms with Crippen LogP contribution in [0.15, 0.2) is 18.2 Å². The van der Waals surface area contributed by atoms with E-state index in [1.54, 1.807) is 0 Å². The molecule has 1 aromatic carbocycles. The lowest BCUT2D eigenvalue weighted by Crippen LogP contribution is -2.20. The van der Waals surface area contributed by atoms with Crippen molar-refractivity contribution in [1.82, 2.24) is 5.32 Å². The molecule has 1 N–H and O–H groups in total. The van der Waals surface area contributed by atoms with Crippen molar-refractivity contribution < 1.29 is 8.78 Å². The van der Waals surface area contributed by atoms with E-state index in [4.69, 9.17) is 0 Å². The normalized spacial score (nSPS) is 12.8. The van der Waals surface area contributed by atoms with Crippen molar-refractivity contribution in [3.8, 4) is 0 Å². The molecular formula is C12H17F2N. The maximum absolute atomic E-state index is 13.2. The fourth-order valence-electron chi connectivity index (χ4n) is 1.48. The van der Waals surface area contributed by atoms with Gasteiger partial charge in [0, 0.05) is 6.04 Å². The van der Waals surface area contributed by atoms with Crippen molar-refractivity contribution >= 4 is 0 Å². The Morgan fingerprint density at radius 2 is 2.07 bits per heavy atom. The van der Waals surface area contributed by atoms with Crippen LogP contribution in [0.4, 0.5) is 8.78 Å². The molecule has 0 saturated carbocycles. The maximum atomic E-state index is 13.2. The standard InChI is InChI=1S/C12H17F2N/c1-9(15-2)4-3-5-10-8-11(13)6-7-12(10)14/h6-9,15H,3-5H2,1-2H3. The van der Waals surface area contributed by atoms with Crippen LogP contribution < -0.4 is 5.32 Å². The third-order valence-corrected chi connectivity index (χ3v) is 2.58. The van der Waals surface area contributed by atoms with Gasteiger partial charge in [-0.1, -0.05) is 0 Å². The second-order valence-electron chi connectivity index (χ2n) is 3.82. The Kier molecular flexibility index (Phi) is 4.69. The third kappa shape index (κ3) is 3.96. The van der Waals surface area contributed by atoms with Gasteiger partial charge in [0.05, 0.1) is 0 Å². The van der Waals surface area contributed by atoms with E-state index >= 15 is 0 Å². The monoisotopic (exact) mass is 213 g/mol. The largest absolute Gasteiger partial charge is 0.317 e. The van der Waals surface area contributed by atoms with Gasteiger partial charge in [-0.15, -0.1) is 0 Å². The molecule has 0 aliphatic carbocycles. The maximum Gasteiger partial charge on any atom is 0.126 e. The molecule has 0 heterocycles. The van der Waals surface area contributed by atoms with Gasteiger partial charge in [0.2, 0.25) is 0 Å². The van der Waals surface area contributed by atoms with Gasteiger partial charge in [-0.3, -0.25) is 0 Å². The van der Waals surface area contributed by atoms with Crippen molar-refractivity contribution in [2.24, 2.45) is 0 Å². The number of halogens is 2. The molecule has 1 unspecified atom stereocenters. The van der Waals surface area contributed by atoms with Gasteiger partial charge in [-0.05, 0) is 57.0 Å². The van der Waals surface area contributed by atoms with Crippen molar-refractivity contribution in [2.45, 2.75) is 32.2 Å². The highest BCUT2D eigenvalue weighted by atomic mass is 19.1. The summed E-state index contributed by atoms with van der Waals surface area (Å²) in [7, 11) is 1.90. The van der Waals surface area contributed by atoms with Crippen LogP contribution in [-0.2, 0) is 6.42 Å². The molecule has 1 aromatic rings. The first-order valence-electron chi connectivity index (χ1n) is 5.24.